The number of ether oxygens (including phenoxy) is 1. The van der Waals surface area contributed by atoms with Crippen LogP contribution in [0.4, 0.5) is 0 Å². The van der Waals surface area contributed by atoms with Crippen molar-refractivity contribution in [2.75, 3.05) is 0 Å². The Morgan fingerprint density at radius 3 is 1.02 bits per heavy atom. The molecule has 0 heterocycles. The maximum Gasteiger partial charge on any atom is 0.306 e. The Hall–Kier alpha value is -1.06. The lowest BCUT2D eigenvalue weighted by atomic mass is 10.0. The fraction of sp³-hybridized carbons (Fsp3) is 0.951. The molecule has 0 radical (unpaired) electrons. The van der Waals surface area contributed by atoms with E-state index >= 15 is 0 Å². The lowest BCUT2D eigenvalue weighted by molar-refractivity contribution is -0.150. The molecular formula is C41H80O4. The molecule has 4 nitrogen and oxygen atoms in total. The normalized spacial score (nSPS) is 12.0. The third-order valence-corrected chi connectivity index (χ3v) is 9.58. The molecule has 0 rings (SSSR count). The van der Waals surface area contributed by atoms with Crippen LogP contribution in [0.3, 0.4) is 0 Å². The minimum atomic E-state index is -0.662. The first kappa shape index (κ1) is 43.9. The van der Waals surface area contributed by atoms with E-state index in [-0.39, 0.29) is 12.1 Å². The first-order valence-electron chi connectivity index (χ1n) is 20.5. The first-order valence-corrected chi connectivity index (χ1v) is 20.5. The molecule has 0 amide bonds. The zero-order valence-electron chi connectivity index (χ0n) is 30.7. The van der Waals surface area contributed by atoms with Gasteiger partial charge in [0.25, 0.3) is 0 Å². The molecule has 0 aliphatic carbocycles. The van der Waals surface area contributed by atoms with Gasteiger partial charge in [0, 0.05) is 12.8 Å². The monoisotopic (exact) mass is 637 g/mol. The topological polar surface area (TPSA) is 63.6 Å². The summed E-state index contributed by atoms with van der Waals surface area (Å²) >= 11 is 0. The third-order valence-electron chi connectivity index (χ3n) is 9.58. The Kier molecular flexibility index (Phi) is 36.5. The van der Waals surface area contributed by atoms with Crippen LogP contribution in [-0.2, 0) is 14.3 Å². The van der Waals surface area contributed by atoms with Crippen LogP contribution in [0.1, 0.15) is 245 Å². The predicted octanol–water partition coefficient (Wildman–Crippen LogP) is 14.1. The van der Waals surface area contributed by atoms with Crippen LogP contribution in [0.5, 0.6) is 0 Å². The average molecular weight is 637 g/mol. The molecule has 1 N–H and O–H groups in total. The van der Waals surface area contributed by atoms with Gasteiger partial charge in [0.15, 0.2) is 0 Å². The number of carboxylic acid groups (broad SMARTS) is 1. The molecule has 0 saturated heterocycles. The van der Waals surface area contributed by atoms with E-state index in [2.05, 4.69) is 13.8 Å². The molecule has 0 saturated carbocycles. The zero-order valence-corrected chi connectivity index (χ0v) is 30.7. The molecule has 4 heteroatoms. The summed E-state index contributed by atoms with van der Waals surface area (Å²) in [6.45, 7) is 4.53. The van der Waals surface area contributed by atoms with Crippen molar-refractivity contribution in [1.82, 2.24) is 0 Å². The highest BCUT2D eigenvalue weighted by molar-refractivity contribution is 5.69. The van der Waals surface area contributed by atoms with E-state index in [1.807, 2.05) is 0 Å². The molecule has 0 spiro atoms. The molecule has 0 fully saturated rings. The summed E-state index contributed by atoms with van der Waals surface area (Å²) in [5, 5.41) is 8.67. The first-order chi connectivity index (χ1) is 22.1. The molecule has 0 bridgehead atoms. The van der Waals surface area contributed by atoms with E-state index in [1.165, 1.54) is 186 Å². The van der Waals surface area contributed by atoms with Crippen molar-refractivity contribution in [3.63, 3.8) is 0 Å². The van der Waals surface area contributed by atoms with Gasteiger partial charge in [-0.05, 0) is 38.5 Å². The van der Waals surface area contributed by atoms with Crippen molar-refractivity contribution in [3.8, 4) is 0 Å². The summed E-state index contributed by atoms with van der Waals surface area (Å²) in [7, 11) is 0. The molecule has 0 aliphatic rings. The van der Waals surface area contributed by atoms with Gasteiger partial charge in [0.2, 0.25) is 0 Å². The number of esters is 1. The fourth-order valence-corrected chi connectivity index (χ4v) is 6.54. The van der Waals surface area contributed by atoms with Gasteiger partial charge >= 0.3 is 11.9 Å². The number of unbranched alkanes of at least 4 members (excludes halogenated alkanes) is 29. The molecule has 0 aromatic heterocycles. The van der Waals surface area contributed by atoms with E-state index in [1.54, 1.807) is 0 Å². The number of aliphatic carboxylic acids is 1. The maximum absolute atomic E-state index is 12.6. The maximum atomic E-state index is 12.6. The lowest BCUT2D eigenvalue weighted by Crippen LogP contribution is -2.18. The SMILES string of the molecule is CCCCCCCCCCCCCCCCC(=O)OC(CCCCC)CCCCCCCCCCCCCCCCCC(=O)O. The molecule has 0 aromatic carbocycles. The van der Waals surface area contributed by atoms with Gasteiger partial charge in [0.1, 0.15) is 6.10 Å². The highest BCUT2D eigenvalue weighted by Crippen LogP contribution is 2.19. The Morgan fingerprint density at radius 1 is 0.400 bits per heavy atom. The smallest absolute Gasteiger partial charge is 0.306 e. The van der Waals surface area contributed by atoms with E-state index in [4.69, 9.17) is 9.84 Å². The van der Waals surface area contributed by atoms with Gasteiger partial charge in [-0.2, -0.15) is 0 Å². The predicted molar refractivity (Wildman–Crippen MR) is 195 cm³/mol. The number of hydrogen-bond acceptors (Lipinski definition) is 3. The van der Waals surface area contributed by atoms with E-state index in [0.717, 1.165) is 32.1 Å². The Balaban J connectivity index is 3.66. The summed E-state index contributed by atoms with van der Waals surface area (Å²) in [6, 6.07) is 0. The fourth-order valence-electron chi connectivity index (χ4n) is 6.54. The molecule has 45 heavy (non-hydrogen) atoms. The van der Waals surface area contributed by atoms with Crippen LogP contribution in [0, 0.1) is 0 Å². The van der Waals surface area contributed by atoms with E-state index in [9.17, 15) is 9.59 Å². The van der Waals surface area contributed by atoms with Crippen molar-refractivity contribution in [2.45, 2.75) is 251 Å². The van der Waals surface area contributed by atoms with Gasteiger partial charge in [-0.1, -0.05) is 194 Å². The molecular weight excluding hydrogens is 556 g/mol. The summed E-state index contributed by atoms with van der Waals surface area (Å²) in [5.41, 5.74) is 0. The average Bonchev–Trinajstić information content (AvgIpc) is 3.02. The van der Waals surface area contributed by atoms with Gasteiger partial charge < -0.3 is 9.84 Å². The number of hydrogen-bond donors (Lipinski definition) is 1. The standard InChI is InChI=1S/C41H80O4/c1-3-5-7-8-9-10-11-12-18-21-24-27-30-34-38-41(44)45-39(35-31-6-4-2)36-32-28-25-22-19-16-14-13-15-17-20-23-26-29-33-37-40(42)43/h39H,3-38H2,1-2H3,(H,42,43). The summed E-state index contributed by atoms with van der Waals surface area (Å²) in [4.78, 5) is 23.1. The Labute approximate surface area is 282 Å². The second kappa shape index (κ2) is 37.4. The number of rotatable bonds is 38. The molecule has 0 aliphatic heterocycles. The van der Waals surface area contributed by atoms with Crippen molar-refractivity contribution >= 4 is 11.9 Å². The number of carbonyl (C=O) groups excluding carboxylic acids is 1. The Morgan fingerprint density at radius 2 is 0.667 bits per heavy atom. The van der Waals surface area contributed by atoms with Crippen LogP contribution >= 0.6 is 0 Å². The third kappa shape index (κ3) is 37.3. The van der Waals surface area contributed by atoms with Crippen LogP contribution in [0.25, 0.3) is 0 Å². The van der Waals surface area contributed by atoms with Crippen LogP contribution < -0.4 is 0 Å². The molecule has 0 aromatic rings. The highest BCUT2D eigenvalue weighted by Gasteiger charge is 2.14. The largest absolute Gasteiger partial charge is 0.481 e. The summed E-state index contributed by atoms with van der Waals surface area (Å²) in [5.74, 6) is -0.615. The second-order valence-electron chi connectivity index (χ2n) is 14.2. The number of carbonyl (C=O) groups is 2. The van der Waals surface area contributed by atoms with Gasteiger partial charge in [-0.3, -0.25) is 9.59 Å². The molecule has 1 unspecified atom stereocenters. The van der Waals surface area contributed by atoms with Crippen molar-refractivity contribution in [1.29, 1.82) is 0 Å². The van der Waals surface area contributed by atoms with Crippen molar-refractivity contribution < 1.29 is 19.4 Å². The minimum Gasteiger partial charge on any atom is -0.481 e. The van der Waals surface area contributed by atoms with Crippen molar-refractivity contribution in [2.24, 2.45) is 0 Å². The molecule has 1 atom stereocenters. The summed E-state index contributed by atoms with van der Waals surface area (Å²) < 4.78 is 5.98. The van der Waals surface area contributed by atoms with Gasteiger partial charge in [-0.25, -0.2) is 0 Å². The second-order valence-corrected chi connectivity index (χ2v) is 14.2. The van der Waals surface area contributed by atoms with Crippen molar-refractivity contribution in [3.05, 3.63) is 0 Å². The zero-order chi connectivity index (χ0) is 32.9. The lowest BCUT2D eigenvalue weighted by Gasteiger charge is -2.18. The molecule has 268 valence electrons. The van der Waals surface area contributed by atoms with Crippen LogP contribution in [0.2, 0.25) is 0 Å². The quantitative estimate of drug-likeness (QED) is 0.0541. The highest BCUT2D eigenvalue weighted by atomic mass is 16.5. The van der Waals surface area contributed by atoms with Crippen LogP contribution in [-0.4, -0.2) is 23.1 Å². The Bertz CT molecular complexity index is 604. The van der Waals surface area contributed by atoms with E-state index < -0.39 is 5.97 Å². The number of carboxylic acids is 1. The van der Waals surface area contributed by atoms with Gasteiger partial charge in [-0.15, -0.1) is 0 Å². The van der Waals surface area contributed by atoms with Crippen LogP contribution in [0.15, 0.2) is 0 Å². The minimum absolute atomic E-state index is 0.0474. The van der Waals surface area contributed by atoms with E-state index in [0.29, 0.717) is 12.8 Å². The van der Waals surface area contributed by atoms with Gasteiger partial charge in [0.05, 0.1) is 0 Å². The summed E-state index contributed by atoms with van der Waals surface area (Å²) in [6.07, 6.45) is 44.5.